The lowest BCUT2D eigenvalue weighted by molar-refractivity contribution is -0.118. The number of benzene rings is 3. The Morgan fingerprint density at radius 2 is 1.75 bits per heavy atom. The number of nitrogens with zero attached hydrogens (tertiary/aromatic N) is 3. The average molecular weight is 483 g/mol. The topological polar surface area (TPSA) is 76.3 Å². The lowest BCUT2D eigenvalue weighted by atomic mass is 10.2. The molecule has 1 aromatic heterocycles. The van der Waals surface area contributed by atoms with Gasteiger partial charge in [-0.3, -0.25) is 14.2 Å². The third-order valence-electron chi connectivity index (χ3n) is 4.46. The van der Waals surface area contributed by atoms with Crippen LogP contribution in [0.3, 0.4) is 0 Å². The van der Waals surface area contributed by atoms with Crippen molar-refractivity contribution in [1.82, 2.24) is 15.0 Å². The summed E-state index contributed by atoms with van der Waals surface area (Å²) >= 11 is 13.2. The van der Waals surface area contributed by atoms with E-state index in [9.17, 15) is 9.59 Å². The number of para-hydroxylation sites is 1. The second-order valence-electron chi connectivity index (χ2n) is 6.63. The van der Waals surface area contributed by atoms with Gasteiger partial charge in [0, 0.05) is 15.6 Å². The number of rotatable bonds is 6. The van der Waals surface area contributed by atoms with Crippen LogP contribution in [0, 0.1) is 0 Å². The molecule has 3 aromatic carbocycles. The second kappa shape index (κ2) is 9.99. The van der Waals surface area contributed by atoms with Crippen molar-refractivity contribution in [2.24, 2.45) is 5.10 Å². The number of halogens is 2. The van der Waals surface area contributed by atoms with E-state index in [1.54, 1.807) is 54.6 Å². The van der Waals surface area contributed by atoms with Gasteiger partial charge in [-0.15, -0.1) is 0 Å². The van der Waals surface area contributed by atoms with Crippen molar-refractivity contribution in [2.45, 2.75) is 5.16 Å². The minimum absolute atomic E-state index is 0.0121. The molecule has 1 N–H and O–H groups in total. The number of hydrogen-bond acceptors (Lipinski definition) is 5. The number of fused-ring (bicyclic) bond motifs is 1. The molecule has 1 amide bonds. The van der Waals surface area contributed by atoms with Gasteiger partial charge in [-0.05, 0) is 42.5 Å². The van der Waals surface area contributed by atoms with E-state index < -0.39 is 0 Å². The highest BCUT2D eigenvalue weighted by Crippen LogP contribution is 2.22. The monoisotopic (exact) mass is 482 g/mol. The van der Waals surface area contributed by atoms with E-state index in [1.165, 1.54) is 10.8 Å². The maximum absolute atomic E-state index is 13.2. The molecule has 0 fully saturated rings. The zero-order valence-electron chi connectivity index (χ0n) is 16.5. The van der Waals surface area contributed by atoms with Crippen molar-refractivity contribution in [3.8, 4) is 5.69 Å². The SMILES string of the molecule is O=C(CSc1nc2ccccc2c(=O)n1-c1ccc(Cl)cc1)N/N=C\c1ccccc1Cl. The van der Waals surface area contributed by atoms with Gasteiger partial charge in [0.05, 0.1) is 28.6 Å². The van der Waals surface area contributed by atoms with Crippen LogP contribution in [0.5, 0.6) is 0 Å². The van der Waals surface area contributed by atoms with Gasteiger partial charge in [-0.1, -0.05) is 65.3 Å². The van der Waals surface area contributed by atoms with Crippen molar-refractivity contribution in [3.63, 3.8) is 0 Å². The number of amides is 1. The average Bonchev–Trinajstić information content (AvgIpc) is 2.80. The van der Waals surface area contributed by atoms with Crippen LogP contribution in [-0.4, -0.2) is 27.4 Å². The molecular weight excluding hydrogens is 467 g/mol. The first-order valence-electron chi connectivity index (χ1n) is 9.50. The van der Waals surface area contributed by atoms with E-state index >= 15 is 0 Å². The number of nitrogens with one attached hydrogen (secondary N) is 1. The lowest BCUT2D eigenvalue weighted by Gasteiger charge is -2.13. The van der Waals surface area contributed by atoms with Gasteiger partial charge in [0.1, 0.15) is 0 Å². The number of thioether (sulfide) groups is 1. The van der Waals surface area contributed by atoms with Crippen molar-refractivity contribution in [2.75, 3.05) is 5.75 Å². The quantitative estimate of drug-likeness (QED) is 0.183. The Morgan fingerprint density at radius 3 is 2.53 bits per heavy atom. The molecule has 0 atom stereocenters. The molecule has 9 heteroatoms. The maximum atomic E-state index is 13.2. The van der Waals surface area contributed by atoms with E-state index in [2.05, 4.69) is 15.5 Å². The predicted molar refractivity (Wildman–Crippen MR) is 130 cm³/mol. The number of hydrogen-bond donors (Lipinski definition) is 1. The zero-order chi connectivity index (χ0) is 22.5. The molecule has 0 saturated carbocycles. The molecule has 4 aromatic rings. The predicted octanol–water partition coefficient (Wildman–Crippen LogP) is 4.93. The van der Waals surface area contributed by atoms with Crippen LogP contribution < -0.4 is 11.0 Å². The first-order valence-corrected chi connectivity index (χ1v) is 11.2. The fourth-order valence-corrected chi connectivity index (χ4v) is 4.06. The molecule has 32 heavy (non-hydrogen) atoms. The number of hydrazone groups is 1. The normalized spacial score (nSPS) is 11.2. The molecule has 1 heterocycles. The second-order valence-corrected chi connectivity index (χ2v) is 8.42. The Morgan fingerprint density at radius 1 is 1.03 bits per heavy atom. The number of carbonyl (C=O) groups excluding carboxylic acids is 1. The zero-order valence-corrected chi connectivity index (χ0v) is 18.9. The molecule has 0 radical (unpaired) electrons. The molecule has 160 valence electrons. The molecule has 0 aliphatic heterocycles. The summed E-state index contributed by atoms with van der Waals surface area (Å²) < 4.78 is 1.48. The number of carbonyl (C=O) groups is 1. The van der Waals surface area contributed by atoms with E-state index in [0.29, 0.717) is 37.4 Å². The Bertz CT molecular complexity index is 1370. The highest BCUT2D eigenvalue weighted by atomic mass is 35.5. The van der Waals surface area contributed by atoms with Crippen molar-refractivity contribution in [3.05, 3.63) is 98.8 Å². The molecule has 0 spiro atoms. The summed E-state index contributed by atoms with van der Waals surface area (Å²) in [5.41, 5.74) is 4.10. The van der Waals surface area contributed by atoms with Crippen molar-refractivity contribution in [1.29, 1.82) is 0 Å². The molecule has 0 bridgehead atoms. The van der Waals surface area contributed by atoms with Crippen LogP contribution in [0.15, 0.2) is 87.8 Å². The van der Waals surface area contributed by atoms with Crippen molar-refractivity contribution < 1.29 is 4.79 Å². The largest absolute Gasteiger partial charge is 0.272 e. The molecule has 6 nitrogen and oxygen atoms in total. The van der Waals surface area contributed by atoms with Crippen molar-refractivity contribution >= 4 is 58.0 Å². The van der Waals surface area contributed by atoms with Crippen LogP contribution >= 0.6 is 35.0 Å². The van der Waals surface area contributed by atoms with Gasteiger partial charge >= 0.3 is 0 Å². The molecule has 4 rings (SSSR count). The van der Waals surface area contributed by atoms with Crippen LogP contribution in [-0.2, 0) is 4.79 Å². The summed E-state index contributed by atoms with van der Waals surface area (Å²) in [6, 6.07) is 21.1. The van der Waals surface area contributed by atoms with Gasteiger partial charge in [0.15, 0.2) is 5.16 Å². The summed E-state index contributed by atoms with van der Waals surface area (Å²) in [5, 5.41) is 5.91. The maximum Gasteiger partial charge on any atom is 0.266 e. The van der Waals surface area contributed by atoms with Gasteiger partial charge in [0.2, 0.25) is 0 Å². The summed E-state index contributed by atoms with van der Waals surface area (Å²) in [6.07, 6.45) is 1.48. The standard InChI is InChI=1S/C23H16Cl2N4O2S/c24-16-9-11-17(12-10-16)29-22(31)18-6-2-4-8-20(18)27-23(29)32-14-21(30)28-26-13-15-5-1-3-7-19(15)25/h1-13H,14H2,(H,28,30)/b26-13-. The molecule has 0 saturated heterocycles. The smallest absolute Gasteiger partial charge is 0.266 e. The highest BCUT2D eigenvalue weighted by Gasteiger charge is 2.14. The van der Waals surface area contributed by atoms with E-state index in [1.807, 2.05) is 18.2 Å². The van der Waals surface area contributed by atoms with Gasteiger partial charge in [0.25, 0.3) is 11.5 Å². The Labute approximate surface area is 197 Å². The van der Waals surface area contributed by atoms with Gasteiger partial charge in [-0.25, -0.2) is 10.4 Å². The summed E-state index contributed by atoms with van der Waals surface area (Å²) in [5.74, 6) is -0.332. The fourth-order valence-electron chi connectivity index (χ4n) is 2.94. The highest BCUT2D eigenvalue weighted by molar-refractivity contribution is 7.99. The van der Waals surface area contributed by atoms with E-state index in [-0.39, 0.29) is 17.2 Å². The Kier molecular flexibility index (Phi) is 6.90. The minimum Gasteiger partial charge on any atom is -0.272 e. The van der Waals surface area contributed by atoms with Crippen LogP contribution in [0.2, 0.25) is 10.0 Å². The summed E-state index contributed by atoms with van der Waals surface area (Å²) in [7, 11) is 0. The summed E-state index contributed by atoms with van der Waals surface area (Å²) in [4.78, 5) is 30.1. The van der Waals surface area contributed by atoms with Gasteiger partial charge < -0.3 is 0 Å². The minimum atomic E-state index is -0.344. The van der Waals surface area contributed by atoms with Crippen LogP contribution in [0.4, 0.5) is 0 Å². The fraction of sp³-hybridized carbons (Fsp3) is 0.0435. The van der Waals surface area contributed by atoms with Gasteiger partial charge in [-0.2, -0.15) is 5.10 Å². The summed E-state index contributed by atoms with van der Waals surface area (Å²) in [6.45, 7) is 0. The molecule has 0 aliphatic carbocycles. The third-order valence-corrected chi connectivity index (χ3v) is 5.99. The molecular formula is C23H16Cl2N4O2S. The Hall–Kier alpha value is -3.13. The van der Waals surface area contributed by atoms with E-state index in [0.717, 1.165) is 11.8 Å². The number of aromatic nitrogens is 2. The first kappa shape index (κ1) is 22.1. The first-order chi connectivity index (χ1) is 15.5. The Balaban J connectivity index is 1.57. The van der Waals surface area contributed by atoms with Crippen LogP contribution in [0.25, 0.3) is 16.6 Å². The van der Waals surface area contributed by atoms with E-state index in [4.69, 9.17) is 23.2 Å². The van der Waals surface area contributed by atoms with Crippen LogP contribution in [0.1, 0.15) is 5.56 Å². The lowest BCUT2D eigenvalue weighted by Crippen LogP contribution is -2.24. The molecule has 0 unspecified atom stereocenters. The molecule has 0 aliphatic rings. The third kappa shape index (κ3) is 5.02.